The van der Waals surface area contributed by atoms with Crippen LogP contribution in [-0.4, -0.2) is 48.3 Å². The van der Waals surface area contributed by atoms with Gasteiger partial charge in [0.1, 0.15) is 0 Å². The number of hydrogen-bond donors (Lipinski definition) is 2. The zero-order valence-corrected chi connectivity index (χ0v) is 10.4. The van der Waals surface area contributed by atoms with Crippen molar-refractivity contribution < 1.29 is 14.4 Å². The third kappa shape index (κ3) is 2.80. The van der Waals surface area contributed by atoms with Crippen molar-refractivity contribution in [1.29, 1.82) is 0 Å². The van der Waals surface area contributed by atoms with E-state index in [0.717, 1.165) is 25.7 Å². The highest BCUT2D eigenvalue weighted by Crippen LogP contribution is 2.17. The highest BCUT2D eigenvalue weighted by atomic mass is 16.2. The third-order valence-corrected chi connectivity index (χ3v) is 3.58. The molecule has 0 aromatic carbocycles. The average Bonchev–Trinajstić information content (AvgIpc) is 2.39. The van der Waals surface area contributed by atoms with E-state index in [0.29, 0.717) is 19.5 Å². The standard InChI is InChI=1S/C12H19N3O3/c16-8-15-7-6-13-11(17)10(15)12(18)14-9-4-2-1-3-5-9/h8-10H,1-7H2,(H,13,17)(H,14,18). The molecule has 18 heavy (non-hydrogen) atoms. The quantitative estimate of drug-likeness (QED) is 0.520. The second kappa shape index (κ2) is 5.84. The van der Waals surface area contributed by atoms with Crippen molar-refractivity contribution in [2.75, 3.05) is 13.1 Å². The lowest BCUT2D eigenvalue weighted by Crippen LogP contribution is -2.61. The number of carbonyl (C=O) groups is 3. The first-order chi connectivity index (χ1) is 8.72. The fraction of sp³-hybridized carbons (Fsp3) is 0.750. The van der Waals surface area contributed by atoms with Gasteiger partial charge < -0.3 is 15.5 Å². The molecule has 2 fully saturated rings. The van der Waals surface area contributed by atoms with Crippen LogP contribution in [-0.2, 0) is 14.4 Å². The first-order valence-corrected chi connectivity index (χ1v) is 6.51. The van der Waals surface area contributed by atoms with Gasteiger partial charge in [0.05, 0.1) is 0 Å². The molecule has 1 heterocycles. The van der Waals surface area contributed by atoms with Crippen LogP contribution in [0.25, 0.3) is 0 Å². The van der Waals surface area contributed by atoms with E-state index in [1.807, 2.05) is 0 Å². The van der Waals surface area contributed by atoms with Gasteiger partial charge in [0.2, 0.25) is 6.41 Å². The summed E-state index contributed by atoms with van der Waals surface area (Å²) in [6.07, 6.45) is 5.92. The molecule has 2 aliphatic rings. The van der Waals surface area contributed by atoms with Crippen LogP contribution in [0.5, 0.6) is 0 Å². The van der Waals surface area contributed by atoms with E-state index in [-0.39, 0.29) is 17.9 Å². The third-order valence-electron chi connectivity index (χ3n) is 3.58. The molecule has 0 aromatic rings. The molecule has 2 N–H and O–H groups in total. The Morgan fingerprint density at radius 3 is 2.72 bits per heavy atom. The van der Waals surface area contributed by atoms with Gasteiger partial charge in [-0.1, -0.05) is 19.3 Å². The number of hydrogen-bond acceptors (Lipinski definition) is 3. The average molecular weight is 253 g/mol. The molecular weight excluding hydrogens is 234 g/mol. The zero-order chi connectivity index (χ0) is 13.0. The summed E-state index contributed by atoms with van der Waals surface area (Å²) in [5.74, 6) is -0.743. The molecule has 1 aliphatic carbocycles. The summed E-state index contributed by atoms with van der Waals surface area (Å²) in [5, 5.41) is 5.50. The van der Waals surface area contributed by atoms with Gasteiger partial charge in [-0.25, -0.2) is 0 Å². The van der Waals surface area contributed by atoms with E-state index < -0.39 is 6.04 Å². The van der Waals surface area contributed by atoms with Crippen molar-refractivity contribution in [3.63, 3.8) is 0 Å². The maximum absolute atomic E-state index is 12.1. The van der Waals surface area contributed by atoms with Gasteiger partial charge in [-0.15, -0.1) is 0 Å². The Balaban J connectivity index is 1.96. The summed E-state index contributed by atoms with van der Waals surface area (Å²) in [6.45, 7) is 0.794. The molecule has 2 rings (SSSR count). The van der Waals surface area contributed by atoms with Crippen molar-refractivity contribution in [2.24, 2.45) is 0 Å². The summed E-state index contributed by atoms with van der Waals surface area (Å²) in [7, 11) is 0. The maximum Gasteiger partial charge on any atom is 0.252 e. The lowest BCUT2D eigenvalue weighted by molar-refractivity contribution is -0.144. The molecule has 100 valence electrons. The number of piperazine rings is 1. The molecule has 1 saturated heterocycles. The van der Waals surface area contributed by atoms with Crippen LogP contribution < -0.4 is 10.6 Å². The van der Waals surface area contributed by atoms with E-state index in [9.17, 15) is 14.4 Å². The maximum atomic E-state index is 12.1. The molecule has 3 amide bonds. The fourth-order valence-corrected chi connectivity index (χ4v) is 2.59. The Bertz CT molecular complexity index is 339. The Labute approximate surface area is 106 Å². The van der Waals surface area contributed by atoms with Crippen molar-refractivity contribution in [3.05, 3.63) is 0 Å². The smallest absolute Gasteiger partial charge is 0.252 e. The van der Waals surface area contributed by atoms with Gasteiger partial charge in [-0.3, -0.25) is 14.4 Å². The minimum Gasteiger partial charge on any atom is -0.352 e. The molecule has 0 bridgehead atoms. The lowest BCUT2D eigenvalue weighted by Gasteiger charge is -2.32. The van der Waals surface area contributed by atoms with Crippen molar-refractivity contribution in [2.45, 2.75) is 44.2 Å². The van der Waals surface area contributed by atoms with Crippen LogP contribution in [0.4, 0.5) is 0 Å². The Morgan fingerprint density at radius 2 is 2.06 bits per heavy atom. The van der Waals surface area contributed by atoms with Crippen molar-refractivity contribution in [1.82, 2.24) is 15.5 Å². The van der Waals surface area contributed by atoms with Gasteiger partial charge in [0, 0.05) is 19.1 Å². The van der Waals surface area contributed by atoms with Crippen molar-refractivity contribution in [3.8, 4) is 0 Å². The van der Waals surface area contributed by atoms with E-state index in [4.69, 9.17) is 0 Å². The van der Waals surface area contributed by atoms with Gasteiger partial charge in [0.15, 0.2) is 6.04 Å². The molecule has 0 aromatic heterocycles. The number of rotatable bonds is 3. The molecular formula is C12H19N3O3. The van der Waals surface area contributed by atoms with Crippen LogP contribution >= 0.6 is 0 Å². The van der Waals surface area contributed by atoms with E-state index >= 15 is 0 Å². The predicted octanol–water partition coefficient (Wildman–Crippen LogP) is -0.608. The molecule has 1 aliphatic heterocycles. The molecule has 0 radical (unpaired) electrons. The van der Waals surface area contributed by atoms with Gasteiger partial charge >= 0.3 is 0 Å². The number of amides is 3. The first kappa shape index (κ1) is 12.9. The normalized spacial score (nSPS) is 25.4. The summed E-state index contributed by atoms with van der Waals surface area (Å²) in [5.41, 5.74) is 0. The van der Waals surface area contributed by atoms with Crippen LogP contribution in [0.3, 0.4) is 0 Å². The lowest BCUT2D eigenvalue weighted by atomic mass is 9.95. The summed E-state index contributed by atoms with van der Waals surface area (Å²) < 4.78 is 0. The first-order valence-electron chi connectivity index (χ1n) is 6.51. The fourth-order valence-electron chi connectivity index (χ4n) is 2.59. The van der Waals surface area contributed by atoms with Gasteiger partial charge in [-0.2, -0.15) is 0 Å². The van der Waals surface area contributed by atoms with Crippen LogP contribution in [0, 0.1) is 0 Å². The highest BCUT2D eigenvalue weighted by Gasteiger charge is 2.35. The summed E-state index contributed by atoms with van der Waals surface area (Å²) >= 11 is 0. The predicted molar refractivity (Wildman–Crippen MR) is 64.6 cm³/mol. The minimum absolute atomic E-state index is 0.148. The van der Waals surface area contributed by atoms with Crippen LogP contribution in [0.15, 0.2) is 0 Å². The second-order valence-electron chi connectivity index (χ2n) is 4.88. The van der Waals surface area contributed by atoms with E-state index in [1.165, 1.54) is 11.3 Å². The Kier molecular flexibility index (Phi) is 4.17. The van der Waals surface area contributed by atoms with Gasteiger partial charge in [0.25, 0.3) is 11.8 Å². The number of carbonyl (C=O) groups excluding carboxylic acids is 3. The SMILES string of the molecule is O=CN1CCNC(=O)C1C(=O)NC1CCCCC1. The van der Waals surface area contributed by atoms with E-state index in [2.05, 4.69) is 10.6 Å². The summed E-state index contributed by atoms with van der Waals surface area (Å²) in [4.78, 5) is 35.9. The number of nitrogens with zero attached hydrogens (tertiary/aromatic N) is 1. The summed E-state index contributed by atoms with van der Waals surface area (Å²) in [6, 6.07) is -0.854. The monoisotopic (exact) mass is 253 g/mol. The molecule has 1 atom stereocenters. The highest BCUT2D eigenvalue weighted by molar-refractivity contribution is 6.06. The number of nitrogens with one attached hydrogen (secondary N) is 2. The molecule has 6 nitrogen and oxygen atoms in total. The second-order valence-corrected chi connectivity index (χ2v) is 4.88. The molecule has 0 spiro atoms. The van der Waals surface area contributed by atoms with Crippen LogP contribution in [0.1, 0.15) is 32.1 Å². The molecule has 1 saturated carbocycles. The molecule has 1 unspecified atom stereocenters. The van der Waals surface area contributed by atoms with Gasteiger partial charge in [-0.05, 0) is 12.8 Å². The van der Waals surface area contributed by atoms with E-state index in [1.54, 1.807) is 0 Å². The van der Waals surface area contributed by atoms with Crippen molar-refractivity contribution >= 4 is 18.2 Å². The Morgan fingerprint density at radius 1 is 1.33 bits per heavy atom. The molecule has 6 heteroatoms. The topological polar surface area (TPSA) is 78.5 Å². The Hall–Kier alpha value is -1.59. The zero-order valence-electron chi connectivity index (χ0n) is 10.4. The largest absolute Gasteiger partial charge is 0.352 e. The van der Waals surface area contributed by atoms with Crippen LogP contribution in [0.2, 0.25) is 0 Å². The minimum atomic E-state index is -1.00.